The van der Waals surface area contributed by atoms with Gasteiger partial charge in [-0.2, -0.15) is 0 Å². The Labute approximate surface area is 325 Å². The van der Waals surface area contributed by atoms with Crippen molar-refractivity contribution in [1.82, 2.24) is 31.5 Å². The molecule has 4 bridgehead atoms. The molecule has 298 valence electrons. The van der Waals surface area contributed by atoms with E-state index >= 15 is 0 Å². The first-order valence-electron chi connectivity index (χ1n) is 20.8. The first-order valence-corrected chi connectivity index (χ1v) is 20.8. The molecule has 55 heavy (non-hydrogen) atoms. The maximum atomic E-state index is 14.8. The number of nitrogens with one attached hydrogen (secondary N) is 5. The molecular weight excluding hydrogens is 697 g/mol. The lowest BCUT2D eigenvalue weighted by atomic mass is 9.53. The number of likely N-dealkylation sites (tertiary alicyclic amines) is 1. The molecule has 6 aliphatic carbocycles. The normalized spacial score (nSPS) is 31.0. The summed E-state index contributed by atoms with van der Waals surface area (Å²) in [6, 6.07) is 6.26. The summed E-state index contributed by atoms with van der Waals surface area (Å²) < 4.78 is 0. The third-order valence-electron chi connectivity index (χ3n) is 14.1. The summed E-state index contributed by atoms with van der Waals surface area (Å²) in [5.74, 6) is -1.08. The fourth-order valence-electron chi connectivity index (χ4n) is 11.6. The average Bonchev–Trinajstić information content (AvgIpc) is 3.46. The summed E-state index contributed by atoms with van der Waals surface area (Å²) in [6.07, 6.45) is 13.6. The van der Waals surface area contributed by atoms with Crippen LogP contribution in [-0.4, -0.2) is 77.1 Å². The Bertz CT molecular complexity index is 1620. The van der Waals surface area contributed by atoms with Crippen molar-refractivity contribution in [1.29, 1.82) is 0 Å². The Hall–Kier alpha value is -4.22. The highest BCUT2D eigenvalue weighted by Gasteiger charge is 2.70. The van der Waals surface area contributed by atoms with Gasteiger partial charge >= 0.3 is 6.03 Å². The van der Waals surface area contributed by atoms with Gasteiger partial charge < -0.3 is 31.5 Å². The number of benzene rings is 1. The molecule has 1 saturated heterocycles. The van der Waals surface area contributed by atoms with E-state index in [1.807, 2.05) is 30.3 Å². The number of piperidine rings is 1. The van der Waals surface area contributed by atoms with Crippen LogP contribution in [0, 0.1) is 40.9 Å². The summed E-state index contributed by atoms with van der Waals surface area (Å²) in [4.78, 5) is 83.6. The summed E-state index contributed by atoms with van der Waals surface area (Å²) >= 11 is 0. The molecule has 12 heteroatoms. The highest BCUT2D eigenvalue weighted by atomic mass is 16.2. The zero-order valence-electron chi connectivity index (χ0n) is 32.6. The molecule has 8 rings (SSSR count). The number of fused-ring (bicyclic) bond motifs is 1. The number of rotatable bonds is 15. The van der Waals surface area contributed by atoms with E-state index in [4.69, 9.17) is 0 Å². The minimum atomic E-state index is -1.17. The highest BCUT2D eigenvalue weighted by Crippen LogP contribution is 2.65. The van der Waals surface area contributed by atoms with Gasteiger partial charge in [-0.1, -0.05) is 69.5 Å². The topological polar surface area (TPSA) is 166 Å². The number of hydrogen-bond acceptors (Lipinski definition) is 6. The fourth-order valence-corrected chi connectivity index (χ4v) is 11.6. The van der Waals surface area contributed by atoms with Gasteiger partial charge in [0.25, 0.3) is 5.91 Å². The molecule has 1 aliphatic heterocycles. The average molecular weight is 757 g/mol. The minimum absolute atomic E-state index is 0.0347. The van der Waals surface area contributed by atoms with Crippen molar-refractivity contribution in [2.24, 2.45) is 40.9 Å². The van der Waals surface area contributed by atoms with Gasteiger partial charge in [-0.15, -0.1) is 6.58 Å². The van der Waals surface area contributed by atoms with Crippen molar-refractivity contribution in [3.63, 3.8) is 0 Å². The van der Waals surface area contributed by atoms with Crippen LogP contribution in [-0.2, 0) is 30.5 Å². The van der Waals surface area contributed by atoms with Crippen LogP contribution in [0.2, 0.25) is 0 Å². The van der Waals surface area contributed by atoms with E-state index in [2.05, 4.69) is 47.0 Å². The molecule has 1 unspecified atom stereocenters. The predicted octanol–water partition coefficient (Wildman–Crippen LogP) is 4.14. The summed E-state index contributed by atoms with van der Waals surface area (Å²) in [5.41, 5.74) is 0.507. The molecular formula is C43H60N6O6. The lowest BCUT2D eigenvalue weighted by molar-refractivity contribution is -0.145. The number of urea groups is 1. The number of amides is 6. The van der Waals surface area contributed by atoms with Crippen LogP contribution in [0.25, 0.3) is 0 Å². The van der Waals surface area contributed by atoms with E-state index in [1.165, 1.54) is 19.3 Å². The van der Waals surface area contributed by atoms with E-state index in [0.29, 0.717) is 30.7 Å². The molecule has 0 aromatic heterocycles. The second-order valence-electron chi connectivity index (χ2n) is 18.3. The summed E-state index contributed by atoms with van der Waals surface area (Å²) in [6.45, 7) is 8.21. The third-order valence-corrected chi connectivity index (χ3v) is 14.1. The lowest BCUT2D eigenvalue weighted by Gasteiger charge is -2.56. The second-order valence-corrected chi connectivity index (χ2v) is 18.3. The number of nitrogens with zero attached hydrogens (tertiary/aromatic N) is 1. The zero-order valence-corrected chi connectivity index (χ0v) is 32.6. The van der Waals surface area contributed by atoms with Gasteiger partial charge in [0.15, 0.2) is 0 Å². The van der Waals surface area contributed by atoms with E-state index in [9.17, 15) is 28.8 Å². The van der Waals surface area contributed by atoms with Gasteiger partial charge in [-0.25, -0.2) is 4.79 Å². The smallest absolute Gasteiger partial charge is 0.315 e. The van der Waals surface area contributed by atoms with Crippen LogP contribution in [0.3, 0.4) is 0 Å². The first-order chi connectivity index (χ1) is 26.4. The SMILES string of the molecule is C=CCC[C@@H](NC(=O)[C@@H]1[C@@H]2C(CN1C(=O)[C@@H](NC(=O)NC13CC4CC(CC(C4)C1)C3)C1CCCCC1)C2(C)C)C(=O)C(=O)NCC(=O)NCc1ccccc1. The quantitative estimate of drug-likeness (QED) is 0.133. The van der Waals surface area contributed by atoms with E-state index in [1.54, 1.807) is 11.0 Å². The standard InChI is InChI=1S/C43H60N6O6/c1-4-5-16-32(37(51)39(53)45-24-33(50)44-23-26-12-8-6-9-13-26)46-38(52)36-34-31(42(34,2)3)25-49(36)40(54)35(30-14-10-7-11-15-30)47-41(55)48-43-20-27-17-28(21-43)19-29(18-27)22-43/h4,6,8-9,12-13,27-32,34-36H,1,5,7,10-11,14-25H2,2-3H3,(H,44,50)(H,45,53)(H,46,52)(H2,47,48,55)/t27?,28?,29?,31?,32-,34+,35+,36+,43?/m1/s1. The molecule has 7 aliphatic rings. The maximum Gasteiger partial charge on any atom is 0.315 e. The van der Waals surface area contributed by atoms with Gasteiger partial charge in [0.05, 0.1) is 12.6 Å². The predicted molar refractivity (Wildman–Crippen MR) is 207 cm³/mol. The van der Waals surface area contributed by atoms with Crippen LogP contribution in [0.15, 0.2) is 43.0 Å². The zero-order chi connectivity index (χ0) is 38.9. The number of hydrogen-bond donors (Lipinski definition) is 5. The molecule has 1 heterocycles. The fraction of sp³-hybridized carbons (Fsp3) is 0.674. The molecule has 7 fully saturated rings. The number of carbonyl (C=O) groups is 6. The highest BCUT2D eigenvalue weighted by molar-refractivity contribution is 6.38. The minimum Gasteiger partial charge on any atom is -0.350 e. The molecule has 0 radical (unpaired) electrons. The van der Waals surface area contributed by atoms with Crippen LogP contribution >= 0.6 is 0 Å². The van der Waals surface area contributed by atoms with Gasteiger partial charge in [0.2, 0.25) is 23.5 Å². The number of Topliss-reactive ketones (excluding diaryl/α,β-unsaturated/α-hetero) is 1. The van der Waals surface area contributed by atoms with Crippen LogP contribution in [0.1, 0.15) is 103 Å². The third kappa shape index (κ3) is 8.48. The van der Waals surface area contributed by atoms with Crippen molar-refractivity contribution in [2.45, 2.75) is 128 Å². The van der Waals surface area contributed by atoms with Crippen molar-refractivity contribution in [3.05, 3.63) is 48.6 Å². The summed E-state index contributed by atoms with van der Waals surface area (Å²) in [7, 11) is 0. The van der Waals surface area contributed by atoms with Crippen LogP contribution in [0.4, 0.5) is 4.79 Å². The second kappa shape index (κ2) is 16.1. The summed E-state index contributed by atoms with van der Waals surface area (Å²) in [5, 5.41) is 14.5. The van der Waals surface area contributed by atoms with Crippen molar-refractivity contribution in [3.8, 4) is 0 Å². The van der Waals surface area contributed by atoms with Gasteiger partial charge in [0.1, 0.15) is 12.1 Å². The van der Waals surface area contributed by atoms with E-state index < -0.39 is 48.2 Å². The van der Waals surface area contributed by atoms with Gasteiger partial charge in [-0.05, 0) is 111 Å². The molecule has 5 atom stereocenters. The first kappa shape index (κ1) is 39.0. The van der Waals surface area contributed by atoms with Gasteiger partial charge in [-0.3, -0.25) is 24.0 Å². The Morgan fingerprint density at radius 1 is 0.891 bits per heavy atom. The molecule has 6 amide bonds. The number of carbonyl (C=O) groups excluding carboxylic acids is 6. The monoisotopic (exact) mass is 756 g/mol. The van der Waals surface area contributed by atoms with E-state index in [0.717, 1.165) is 56.9 Å². The lowest BCUT2D eigenvalue weighted by Crippen LogP contribution is -2.64. The molecule has 1 aromatic carbocycles. The molecule has 6 saturated carbocycles. The Morgan fingerprint density at radius 3 is 2.18 bits per heavy atom. The molecule has 5 N–H and O–H groups in total. The van der Waals surface area contributed by atoms with E-state index in [-0.39, 0.29) is 53.6 Å². The molecule has 1 aromatic rings. The number of allylic oxidation sites excluding steroid dienone is 1. The van der Waals surface area contributed by atoms with Gasteiger partial charge in [0, 0.05) is 18.6 Å². The maximum absolute atomic E-state index is 14.8. The largest absolute Gasteiger partial charge is 0.350 e. The molecule has 0 spiro atoms. The Kier molecular flexibility index (Phi) is 11.4. The number of ketones is 1. The Morgan fingerprint density at radius 2 is 1.55 bits per heavy atom. The Balaban J connectivity index is 1.02. The van der Waals surface area contributed by atoms with Crippen molar-refractivity contribution >= 4 is 35.4 Å². The van der Waals surface area contributed by atoms with Crippen molar-refractivity contribution in [2.75, 3.05) is 13.1 Å². The molecule has 12 nitrogen and oxygen atoms in total. The van der Waals surface area contributed by atoms with Crippen molar-refractivity contribution < 1.29 is 28.8 Å². The van der Waals surface area contributed by atoms with Crippen LogP contribution in [0.5, 0.6) is 0 Å². The van der Waals surface area contributed by atoms with Crippen LogP contribution < -0.4 is 26.6 Å².